The smallest absolute Gasteiger partial charge is 0.328 e. The van der Waals surface area contributed by atoms with Gasteiger partial charge in [0.05, 0.1) is 12.8 Å². The van der Waals surface area contributed by atoms with Gasteiger partial charge in [0.2, 0.25) is 0 Å². The monoisotopic (exact) mass is 380 g/mol. The maximum atomic E-state index is 9.90. The molecule has 0 aliphatic carbocycles. The fourth-order valence-corrected chi connectivity index (χ4v) is 0.909. The van der Waals surface area contributed by atoms with E-state index in [1.165, 1.54) is 0 Å². The third kappa shape index (κ3) is 42.8. The molecule has 0 aliphatic rings. The maximum Gasteiger partial charge on any atom is 0.328 e. The summed E-state index contributed by atoms with van der Waals surface area (Å²) in [7, 11) is 0. The van der Waals surface area contributed by atoms with Gasteiger partial charge in [-0.25, -0.2) is 9.59 Å². The van der Waals surface area contributed by atoms with E-state index in [0.717, 1.165) is 0 Å². The Hall–Kier alpha value is -3.44. The Labute approximate surface area is 147 Å². The molecule has 12 heteroatoms. The van der Waals surface area contributed by atoms with E-state index in [1.807, 2.05) is 0 Å². The van der Waals surface area contributed by atoms with Crippen LogP contribution in [-0.4, -0.2) is 66.5 Å². The summed E-state index contributed by atoms with van der Waals surface area (Å²) in [5.41, 5.74) is 0. The third-order valence-corrected chi connectivity index (χ3v) is 1.95. The van der Waals surface area contributed by atoms with Gasteiger partial charge in [-0.15, -0.1) is 0 Å². The van der Waals surface area contributed by atoms with E-state index in [2.05, 4.69) is 0 Å². The number of unbranched alkanes of at least 4 members (excludes halogenated alkanes) is 1. The van der Waals surface area contributed by atoms with Gasteiger partial charge in [0.1, 0.15) is 0 Å². The van der Waals surface area contributed by atoms with E-state index in [0.29, 0.717) is 25.0 Å². The molecular weight excluding hydrogens is 360 g/mol. The number of carbonyl (C=O) groups is 6. The van der Waals surface area contributed by atoms with Crippen molar-refractivity contribution in [1.29, 1.82) is 0 Å². The van der Waals surface area contributed by atoms with Gasteiger partial charge < -0.3 is 30.6 Å². The van der Waals surface area contributed by atoms with Crippen molar-refractivity contribution < 1.29 is 59.4 Å². The van der Waals surface area contributed by atoms with Crippen molar-refractivity contribution in [2.24, 2.45) is 0 Å². The zero-order valence-corrected chi connectivity index (χ0v) is 13.5. The first kappa shape index (κ1) is 27.4. The van der Waals surface area contributed by atoms with Gasteiger partial charge in [-0.2, -0.15) is 0 Å². The summed E-state index contributed by atoms with van der Waals surface area (Å²) in [6.45, 7) is 0. The van der Waals surface area contributed by atoms with Crippen LogP contribution in [0.25, 0.3) is 0 Å². The van der Waals surface area contributed by atoms with Crippen LogP contribution < -0.4 is 0 Å². The van der Waals surface area contributed by atoms with Crippen LogP contribution in [0, 0.1) is 0 Å². The van der Waals surface area contributed by atoms with Crippen LogP contribution >= 0.6 is 0 Å². The van der Waals surface area contributed by atoms with Crippen LogP contribution in [-0.2, 0) is 28.8 Å². The number of hydrogen-bond acceptors (Lipinski definition) is 6. The average molecular weight is 380 g/mol. The molecule has 26 heavy (non-hydrogen) atoms. The van der Waals surface area contributed by atoms with Crippen molar-refractivity contribution >= 4 is 35.8 Å². The zero-order valence-electron chi connectivity index (χ0n) is 13.5. The highest BCUT2D eigenvalue weighted by atomic mass is 16.4. The summed E-state index contributed by atoms with van der Waals surface area (Å²) >= 11 is 0. The molecule has 0 fully saturated rings. The molecule has 6 N–H and O–H groups in total. The fourth-order valence-electron chi connectivity index (χ4n) is 0.909. The molecule has 0 spiro atoms. The Morgan fingerprint density at radius 2 is 0.692 bits per heavy atom. The van der Waals surface area contributed by atoms with Crippen LogP contribution in [0.4, 0.5) is 0 Å². The van der Waals surface area contributed by atoms with E-state index in [1.54, 1.807) is 0 Å². The normalized spacial score (nSPS) is 9.08. The van der Waals surface area contributed by atoms with E-state index in [-0.39, 0.29) is 25.7 Å². The minimum atomic E-state index is -1.26. The van der Waals surface area contributed by atoms with Gasteiger partial charge in [0.15, 0.2) is 0 Å². The third-order valence-electron chi connectivity index (χ3n) is 1.95. The Morgan fingerprint density at radius 1 is 0.462 bits per heavy atom. The predicted molar refractivity (Wildman–Crippen MR) is 82.7 cm³/mol. The van der Waals surface area contributed by atoms with Crippen molar-refractivity contribution in [2.45, 2.75) is 38.5 Å². The standard InChI is InChI=1S/C6H10O4.C4H6O4.C4H4O4/c7-5(8)3-1-2-4-6(9)10;2*5-3(6)1-2-4(7)8/h1-4H2,(H,7,8)(H,9,10);1-2H2,(H,5,6)(H,7,8);1-2H,(H,5,6)(H,7,8)/b;;2-1+. The molecule has 0 aromatic rings. The highest BCUT2D eigenvalue weighted by Gasteiger charge is 2.00. The quantitative estimate of drug-likeness (QED) is 0.223. The first-order chi connectivity index (χ1) is 11.9. The molecule has 0 unspecified atom stereocenters. The van der Waals surface area contributed by atoms with Crippen LogP contribution in [0.3, 0.4) is 0 Å². The summed E-state index contributed by atoms with van der Waals surface area (Å²) in [5.74, 6) is -6.41. The van der Waals surface area contributed by atoms with E-state index >= 15 is 0 Å². The second kappa shape index (κ2) is 17.9. The molecule has 0 rings (SSSR count). The summed E-state index contributed by atoms with van der Waals surface area (Å²) in [4.78, 5) is 58.2. The Kier molecular flexibility index (Phi) is 18.9. The lowest BCUT2D eigenvalue weighted by atomic mass is 10.2. The molecule has 0 amide bonds. The number of carboxylic acids is 6. The highest BCUT2D eigenvalue weighted by molar-refractivity contribution is 5.89. The molecule has 0 radical (unpaired) electrons. The number of hydrogen-bond donors (Lipinski definition) is 6. The molecule has 0 aromatic carbocycles. The molecule has 0 saturated carbocycles. The van der Waals surface area contributed by atoms with Crippen LogP contribution in [0.1, 0.15) is 38.5 Å². The van der Waals surface area contributed by atoms with Crippen LogP contribution in [0.5, 0.6) is 0 Å². The Morgan fingerprint density at radius 3 is 0.846 bits per heavy atom. The van der Waals surface area contributed by atoms with E-state index in [9.17, 15) is 28.8 Å². The Balaban J connectivity index is -0.000000308. The van der Waals surface area contributed by atoms with Crippen LogP contribution in [0.2, 0.25) is 0 Å². The molecule has 0 aliphatic heterocycles. The number of carboxylic acid groups (broad SMARTS) is 6. The van der Waals surface area contributed by atoms with Crippen molar-refractivity contribution in [2.75, 3.05) is 0 Å². The lowest BCUT2D eigenvalue weighted by Crippen LogP contribution is -2.00. The van der Waals surface area contributed by atoms with Gasteiger partial charge in [0, 0.05) is 25.0 Å². The predicted octanol–water partition coefficient (Wildman–Crippen LogP) is 0.364. The zero-order chi connectivity index (χ0) is 21.1. The first-order valence-electron chi connectivity index (χ1n) is 6.89. The minimum absolute atomic E-state index is 0.0628. The lowest BCUT2D eigenvalue weighted by Gasteiger charge is -1.92. The fraction of sp³-hybridized carbons (Fsp3) is 0.429. The largest absolute Gasteiger partial charge is 0.481 e. The van der Waals surface area contributed by atoms with Gasteiger partial charge in [0.25, 0.3) is 0 Å². The van der Waals surface area contributed by atoms with Crippen molar-refractivity contribution in [1.82, 2.24) is 0 Å². The van der Waals surface area contributed by atoms with Crippen molar-refractivity contribution in [3.05, 3.63) is 12.2 Å². The van der Waals surface area contributed by atoms with Crippen molar-refractivity contribution in [3.63, 3.8) is 0 Å². The topological polar surface area (TPSA) is 224 Å². The summed E-state index contributed by atoms with van der Waals surface area (Å²) in [6.07, 6.45) is 1.54. The van der Waals surface area contributed by atoms with E-state index < -0.39 is 35.8 Å². The SMILES string of the molecule is O=C(O)/C=C/C(=O)O.O=C(O)CCC(=O)O.O=C(O)CCCCC(=O)O. The summed E-state index contributed by atoms with van der Waals surface area (Å²) in [5, 5.41) is 47.7. The first-order valence-corrected chi connectivity index (χ1v) is 6.89. The maximum absolute atomic E-state index is 9.90. The van der Waals surface area contributed by atoms with Gasteiger partial charge >= 0.3 is 35.8 Å². The van der Waals surface area contributed by atoms with Gasteiger partial charge in [-0.3, -0.25) is 19.2 Å². The molecule has 0 heterocycles. The number of aliphatic carboxylic acids is 6. The van der Waals surface area contributed by atoms with E-state index in [4.69, 9.17) is 30.6 Å². The molecule has 0 bridgehead atoms. The minimum Gasteiger partial charge on any atom is -0.481 e. The second-order valence-corrected chi connectivity index (χ2v) is 4.29. The molecule has 0 saturated heterocycles. The average Bonchev–Trinajstić information content (AvgIpc) is 2.48. The molecule has 148 valence electrons. The number of rotatable bonds is 10. The second-order valence-electron chi connectivity index (χ2n) is 4.29. The van der Waals surface area contributed by atoms with Crippen LogP contribution in [0.15, 0.2) is 12.2 Å². The molecule has 12 nitrogen and oxygen atoms in total. The van der Waals surface area contributed by atoms with Gasteiger partial charge in [-0.05, 0) is 12.8 Å². The Bertz CT molecular complexity index is 474. The highest BCUT2D eigenvalue weighted by Crippen LogP contribution is 1.98. The summed E-state index contributed by atoms with van der Waals surface area (Å²) < 4.78 is 0. The van der Waals surface area contributed by atoms with Gasteiger partial charge in [-0.1, -0.05) is 0 Å². The lowest BCUT2D eigenvalue weighted by molar-refractivity contribution is -0.143. The molecular formula is C14H20O12. The molecule has 0 aromatic heterocycles. The molecule has 0 atom stereocenters. The summed E-state index contributed by atoms with van der Waals surface area (Å²) in [6, 6.07) is 0. The van der Waals surface area contributed by atoms with Crippen molar-refractivity contribution in [3.8, 4) is 0 Å².